The minimum Gasteiger partial charge on any atom is -0.370 e. The minimum atomic E-state index is -0.408. The fraction of sp³-hybridized carbons (Fsp3) is 0.273. The molecule has 0 aliphatic rings. The van der Waals surface area contributed by atoms with Gasteiger partial charge in [-0.3, -0.25) is 0 Å². The number of rotatable bonds is 4. The van der Waals surface area contributed by atoms with E-state index in [0.717, 1.165) is 0 Å². The van der Waals surface area contributed by atoms with Crippen molar-refractivity contribution in [3.05, 3.63) is 34.1 Å². The zero-order valence-electron chi connectivity index (χ0n) is 9.56. The van der Waals surface area contributed by atoms with Gasteiger partial charge >= 0.3 is 0 Å². The summed E-state index contributed by atoms with van der Waals surface area (Å²) < 4.78 is 10.2. The summed E-state index contributed by atoms with van der Waals surface area (Å²) in [6.45, 7) is 0.263. The molecule has 1 unspecified atom stereocenters. The molecule has 1 aromatic heterocycles. The van der Waals surface area contributed by atoms with Crippen molar-refractivity contribution >= 4 is 23.2 Å². The third-order valence-corrected chi connectivity index (χ3v) is 3.13. The molecular weight excluding hydrogens is 277 g/mol. The van der Waals surface area contributed by atoms with Crippen molar-refractivity contribution in [1.29, 1.82) is 0 Å². The lowest BCUT2D eigenvalue weighted by Crippen LogP contribution is -2.14. The molecule has 1 atom stereocenters. The highest BCUT2D eigenvalue weighted by Gasteiger charge is 2.17. The highest BCUT2D eigenvalue weighted by Crippen LogP contribution is 2.27. The fourth-order valence-electron chi connectivity index (χ4n) is 1.42. The number of methoxy groups -OCH3 is 1. The zero-order valence-corrected chi connectivity index (χ0v) is 11.1. The minimum absolute atomic E-state index is 0.263. The summed E-state index contributed by atoms with van der Waals surface area (Å²) in [5.74, 6) is 0.750. The number of ether oxygens (including phenoxy) is 1. The summed E-state index contributed by atoms with van der Waals surface area (Å²) in [4.78, 5) is 4.21. The predicted molar refractivity (Wildman–Crippen MR) is 68.6 cm³/mol. The Bertz CT molecular complexity index is 541. The maximum absolute atomic E-state index is 5.92. The van der Waals surface area contributed by atoms with Gasteiger partial charge in [0.25, 0.3) is 5.89 Å². The molecule has 1 heterocycles. The molecule has 0 aliphatic heterocycles. The van der Waals surface area contributed by atoms with Crippen LogP contribution in [0.25, 0.3) is 11.4 Å². The van der Waals surface area contributed by atoms with Gasteiger partial charge in [0.05, 0.1) is 10.0 Å². The first-order valence-electron chi connectivity index (χ1n) is 5.17. The van der Waals surface area contributed by atoms with Crippen molar-refractivity contribution in [3.8, 4) is 11.4 Å². The number of nitrogens with two attached hydrogens (primary N) is 1. The van der Waals surface area contributed by atoms with E-state index in [4.69, 9.17) is 38.2 Å². The molecule has 2 rings (SSSR count). The van der Waals surface area contributed by atoms with Gasteiger partial charge in [0, 0.05) is 19.2 Å². The summed E-state index contributed by atoms with van der Waals surface area (Å²) in [6, 6.07) is 5.10. The van der Waals surface area contributed by atoms with Crippen molar-refractivity contribution in [2.24, 2.45) is 5.73 Å². The number of benzene rings is 1. The smallest absolute Gasteiger partial charge is 0.257 e. The maximum Gasteiger partial charge on any atom is 0.257 e. The van der Waals surface area contributed by atoms with Crippen LogP contribution in [0.1, 0.15) is 12.0 Å². The molecule has 0 spiro atoms. The van der Waals surface area contributed by atoms with Crippen LogP contribution in [0.3, 0.4) is 0 Å². The number of hydrogen-bond acceptors (Lipinski definition) is 5. The van der Waals surface area contributed by atoms with Crippen molar-refractivity contribution in [3.63, 3.8) is 0 Å². The first-order valence-corrected chi connectivity index (χ1v) is 5.93. The molecule has 96 valence electrons. The molecular formula is C11H11Cl2N3O2. The molecule has 7 heteroatoms. The Labute approximate surface area is 114 Å². The lowest BCUT2D eigenvalue weighted by molar-refractivity contribution is 0.0804. The Morgan fingerprint density at radius 2 is 2.17 bits per heavy atom. The van der Waals surface area contributed by atoms with Gasteiger partial charge in [-0.05, 0) is 18.2 Å². The second-order valence-corrected chi connectivity index (χ2v) is 4.36. The van der Waals surface area contributed by atoms with Crippen molar-refractivity contribution in [2.45, 2.75) is 6.10 Å². The first kappa shape index (κ1) is 13.3. The average molecular weight is 288 g/mol. The normalized spacial score (nSPS) is 12.7. The SMILES string of the molecule is COC(CN)c1nc(-c2ccc(Cl)c(Cl)c2)no1. The lowest BCUT2D eigenvalue weighted by Gasteiger charge is -2.05. The third-order valence-electron chi connectivity index (χ3n) is 2.39. The Morgan fingerprint density at radius 1 is 1.39 bits per heavy atom. The summed E-state index contributed by atoms with van der Waals surface area (Å²) in [5, 5.41) is 4.76. The van der Waals surface area contributed by atoms with Crippen LogP contribution in [0.15, 0.2) is 22.7 Å². The van der Waals surface area contributed by atoms with Crippen LogP contribution in [0.4, 0.5) is 0 Å². The first-order chi connectivity index (χ1) is 8.65. The van der Waals surface area contributed by atoms with Gasteiger partial charge in [0.1, 0.15) is 6.10 Å². The Morgan fingerprint density at radius 3 is 2.78 bits per heavy atom. The van der Waals surface area contributed by atoms with E-state index in [1.165, 1.54) is 7.11 Å². The van der Waals surface area contributed by atoms with Crippen LogP contribution in [0.2, 0.25) is 10.0 Å². The maximum atomic E-state index is 5.92. The van der Waals surface area contributed by atoms with E-state index in [1.54, 1.807) is 18.2 Å². The molecule has 0 fully saturated rings. The van der Waals surface area contributed by atoms with Crippen molar-refractivity contribution in [2.75, 3.05) is 13.7 Å². The zero-order chi connectivity index (χ0) is 13.1. The molecule has 2 N–H and O–H groups in total. The fourth-order valence-corrected chi connectivity index (χ4v) is 1.71. The highest BCUT2D eigenvalue weighted by molar-refractivity contribution is 6.42. The molecule has 2 aromatic rings. The molecule has 0 radical (unpaired) electrons. The van der Waals surface area contributed by atoms with E-state index in [9.17, 15) is 0 Å². The van der Waals surface area contributed by atoms with Gasteiger partial charge in [0.15, 0.2) is 0 Å². The van der Waals surface area contributed by atoms with E-state index in [0.29, 0.717) is 27.3 Å². The number of aromatic nitrogens is 2. The van der Waals surface area contributed by atoms with Crippen LogP contribution < -0.4 is 5.73 Å². The van der Waals surface area contributed by atoms with Crippen LogP contribution in [-0.2, 0) is 4.74 Å². The van der Waals surface area contributed by atoms with E-state index in [1.807, 2.05) is 0 Å². The quantitative estimate of drug-likeness (QED) is 0.936. The van der Waals surface area contributed by atoms with Crippen LogP contribution in [0, 0.1) is 0 Å². The average Bonchev–Trinajstić information content (AvgIpc) is 2.84. The molecule has 5 nitrogen and oxygen atoms in total. The van der Waals surface area contributed by atoms with Crippen molar-refractivity contribution < 1.29 is 9.26 Å². The summed E-state index contributed by atoms with van der Waals surface area (Å²) in [7, 11) is 1.53. The van der Waals surface area contributed by atoms with Gasteiger partial charge in [-0.1, -0.05) is 28.4 Å². The van der Waals surface area contributed by atoms with E-state index in [2.05, 4.69) is 10.1 Å². The van der Waals surface area contributed by atoms with Crippen LogP contribution >= 0.6 is 23.2 Å². The van der Waals surface area contributed by atoms with E-state index >= 15 is 0 Å². The van der Waals surface area contributed by atoms with Gasteiger partial charge < -0.3 is 15.0 Å². The number of hydrogen-bond donors (Lipinski definition) is 1. The molecule has 0 aliphatic carbocycles. The predicted octanol–water partition coefficient (Wildman–Crippen LogP) is 2.69. The summed E-state index contributed by atoms with van der Waals surface area (Å²) in [6.07, 6.45) is -0.408. The van der Waals surface area contributed by atoms with Gasteiger partial charge in [-0.25, -0.2) is 0 Å². The van der Waals surface area contributed by atoms with Crippen LogP contribution in [-0.4, -0.2) is 23.8 Å². The summed E-state index contributed by atoms with van der Waals surface area (Å²) >= 11 is 11.8. The molecule has 18 heavy (non-hydrogen) atoms. The largest absolute Gasteiger partial charge is 0.370 e. The van der Waals surface area contributed by atoms with Crippen LogP contribution in [0.5, 0.6) is 0 Å². The molecule has 0 amide bonds. The number of nitrogens with zero attached hydrogens (tertiary/aromatic N) is 2. The third kappa shape index (κ3) is 2.64. The summed E-state index contributed by atoms with van der Waals surface area (Å²) in [5.41, 5.74) is 6.23. The topological polar surface area (TPSA) is 74.2 Å². The monoisotopic (exact) mass is 287 g/mol. The van der Waals surface area contributed by atoms with Gasteiger partial charge in [-0.15, -0.1) is 0 Å². The lowest BCUT2D eigenvalue weighted by atomic mass is 10.2. The Hall–Kier alpha value is -1.14. The molecule has 0 saturated carbocycles. The van der Waals surface area contributed by atoms with Gasteiger partial charge in [0.2, 0.25) is 5.82 Å². The van der Waals surface area contributed by atoms with Crippen molar-refractivity contribution in [1.82, 2.24) is 10.1 Å². The Kier molecular flexibility index (Phi) is 4.19. The highest BCUT2D eigenvalue weighted by atomic mass is 35.5. The van der Waals surface area contributed by atoms with E-state index < -0.39 is 6.10 Å². The van der Waals surface area contributed by atoms with Gasteiger partial charge in [-0.2, -0.15) is 4.98 Å². The molecule has 0 bridgehead atoms. The molecule has 1 aromatic carbocycles. The van der Waals surface area contributed by atoms with E-state index in [-0.39, 0.29) is 6.54 Å². The Balaban J connectivity index is 2.31. The second kappa shape index (κ2) is 5.67. The standard InChI is InChI=1S/C11H11Cl2N3O2/c1-17-9(5-14)11-15-10(16-18-11)6-2-3-7(12)8(13)4-6/h2-4,9H,5,14H2,1H3. The molecule has 0 saturated heterocycles. The number of halogens is 2. The second-order valence-electron chi connectivity index (χ2n) is 3.55.